The highest BCUT2D eigenvalue weighted by Gasteiger charge is 2.00. The molecule has 3 heteroatoms. The summed E-state index contributed by atoms with van der Waals surface area (Å²) in [6, 6.07) is 0. The van der Waals surface area contributed by atoms with E-state index in [1.54, 1.807) is 0 Å². The fourth-order valence-electron chi connectivity index (χ4n) is 0.602. The van der Waals surface area contributed by atoms with E-state index in [4.69, 9.17) is 7.85 Å². The third-order valence-corrected chi connectivity index (χ3v) is 1.24. The predicted molar refractivity (Wildman–Crippen MR) is 32.0 cm³/mol. The van der Waals surface area contributed by atoms with Gasteiger partial charge in [-0.1, -0.05) is 0 Å². The van der Waals surface area contributed by atoms with Crippen molar-refractivity contribution in [3.63, 3.8) is 0 Å². The van der Waals surface area contributed by atoms with Crippen LogP contribution in [0.5, 0.6) is 0 Å². The minimum absolute atomic E-state index is 0.769. The van der Waals surface area contributed by atoms with E-state index in [0.717, 1.165) is 5.72 Å². The Hall–Kier alpha value is -0.725. The molecule has 0 fully saturated rings. The van der Waals surface area contributed by atoms with Crippen molar-refractivity contribution >= 4 is 13.6 Å². The second-order valence-corrected chi connectivity index (χ2v) is 1.88. The fourth-order valence-corrected chi connectivity index (χ4v) is 0.602. The highest BCUT2D eigenvalue weighted by atomic mass is 15.1. The standard InChI is InChI=1S/C5H8BN2/c1-7-3-4-8(2)5(7)6/h3-4H,1-2H3/q+1. The second-order valence-electron chi connectivity index (χ2n) is 1.88. The van der Waals surface area contributed by atoms with Crippen LogP contribution in [0.1, 0.15) is 0 Å². The van der Waals surface area contributed by atoms with Crippen LogP contribution in [0.15, 0.2) is 12.4 Å². The van der Waals surface area contributed by atoms with Crippen molar-refractivity contribution in [2.45, 2.75) is 0 Å². The second kappa shape index (κ2) is 1.65. The van der Waals surface area contributed by atoms with Gasteiger partial charge in [-0.05, 0) is 0 Å². The average molecular weight is 107 g/mol. The van der Waals surface area contributed by atoms with Crippen molar-refractivity contribution in [1.82, 2.24) is 4.57 Å². The molecule has 1 aromatic rings. The van der Waals surface area contributed by atoms with Crippen molar-refractivity contribution in [3.8, 4) is 0 Å². The summed E-state index contributed by atoms with van der Waals surface area (Å²) < 4.78 is 3.72. The first-order chi connectivity index (χ1) is 3.72. The Morgan fingerprint density at radius 1 is 1.75 bits per heavy atom. The molecule has 0 aliphatic rings. The Bertz CT molecular complexity index is 173. The molecule has 0 amide bonds. The molecule has 8 heavy (non-hydrogen) atoms. The van der Waals surface area contributed by atoms with Crippen LogP contribution in [0, 0.1) is 0 Å². The van der Waals surface area contributed by atoms with Crippen LogP contribution < -0.4 is 10.3 Å². The summed E-state index contributed by atoms with van der Waals surface area (Å²) in [5.74, 6) is 0. The van der Waals surface area contributed by atoms with Crippen molar-refractivity contribution in [1.29, 1.82) is 0 Å². The molecule has 40 valence electrons. The minimum atomic E-state index is 0.769. The quantitative estimate of drug-likeness (QED) is 0.286. The average Bonchev–Trinajstić information content (AvgIpc) is 1.98. The Kier molecular flexibility index (Phi) is 1.12. The predicted octanol–water partition coefficient (Wildman–Crippen LogP) is -1.36. The van der Waals surface area contributed by atoms with Crippen molar-refractivity contribution in [2.75, 3.05) is 0 Å². The van der Waals surface area contributed by atoms with Crippen LogP contribution in [0.3, 0.4) is 0 Å². The van der Waals surface area contributed by atoms with Gasteiger partial charge < -0.3 is 0 Å². The monoisotopic (exact) mass is 107 g/mol. The van der Waals surface area contributed by atoms with Crippen LogP contribution in [0.2, 0.25) is 0 Å². The lowest BCUT2D eigenvalue weighted by Crippen LogP contribution is -2.45. The molecule has 2 nitrogen and oxygen atoms in total. The smallest absolute Gasteiger partial charge is 0.238 e. The van der Waals surface area contributed by atoms with Gasteiger partial charge in [-0.2, -0.15) is 0 Å². The summed E-state index contributed by atoms with van der Waals surface area (Å²) in [7, 11) is 9.35. The molecule has 0 aromatic carbocycles. The number of rotatable bonds is 0. The van der Waals surface area contributed by atoms with Gasteiger partial charge in [0.1, 0.15) is 12.4 Å². The molecule has 1 heterocycles. The van der Waals surface area contributed by atoms with E-state index in [2.05, 4.69) is 0 Å². The third-order valence-electron chi connectivity index (χ3n) is 1.24. The molecule has 0 saturated heterocycles. The summed E-state index contributed by atoms with van der Waals surface area (Å²) >= 11 is 0. The third kappa shape index (κ3) is 0.640. The molecule has 0 atom stereocenters. The molecular weight excluding hydrogens is 98.9 g/mol. The van der Waals surface area contributed by atoms with E-state index >= 15 is 0 Å². The van der Waals surface area contributed by atoms with E-state index in [0.29, 0.717) is 0 Å². The van der Waals surface area contributed by atoms with Gasteiger partial charge in [-0.3, -0.25) is 0 Å². The summed E-state index contributed by atoms with van der Waals surface area (Å²) in [6.45, 7) is 0. The number of hydrogen-bond acceptors (Lipinski definition) is 0. The molecule has 0 aliphatic heterocycles. The van der Waals surface area contributed by atoms with E-state index < -0.39 is 0 Å². The normalized spacial score (nSPS) is 9.75. The van der Waals surface area contributed by atoms with E-state index in [1.807, 2.05) is 35.6 Å². The molecular formula is C5H8BN2+. The van der Waals surface area contributed by atoms with Crippen molar-refractivity contribution < 1.29 is 4.57 Å². The zero-order valence-corrected chi connectivity index (χ0v) is 5.13. The van der Waals surface area contributed by atoms with Gasteiger partial charge in [0.05, 0.1) is 14.1 Å². The Labute approximate surface area is 50.2 Å². The lowest BCUT2D eigenvalue weighted by atomic mass is 10.1. The molecule has 0 bridgehead atoms. The first-order valence-corrected chi connectivity index (χ1v) is 2.48. The van der Waals surface area contributed by atoms with Crippen molar-refractivity contribution in [3.05, 3.63) is 12.4 Å². The number of hydrogen-bond donors (Lipinski definition) is 0. The first-order valence-electron chi connectivity index (χ1n) is 2.48. The number of aryl methyl sites for hydroxylation is 2. The molecule has 2 radical (unpaired) electrons. The Balaban J connectivity index is 3.19. The van der Waals surface area contributed by atoms with Gasteiger partial charge in [0, 0.05) is 0 Å². The van der Waals surface area contributed by atoms with Gasteiger partial charge in [-0.25, -0.2) is 9.13 Å². The van der Waals surface area contributed by atoms with Crippen LogP contribution in [0.25, 0.3) is 0 Å². The lowest BCUT2D eigenvalue weighted by molar-refractivity contribution is -0.652. The molecule has 0 saturated carbocycles. The Morgan fingerprint density at radius 3 is 2.50 bits per heavy atom. The minimum Gasteiger partial charge on any atom is -0.248 e. The van der Waals surface area contributed by atoms with Crippen LogP contribution in [-0.4, -0.2) is 12.4 Å². The van der Waals surface area contributed by atoms with E-state index in [-0.39, 0.29) is 0 Å². The number of nitrogens with zero attached hydrogens (tertiary/aromatic N) is 2. The maximum Gasteiger partial charge on any atom is 0.238 e. The van der Waals surface area contributed by atoms with E-state index in [9.17, 15) is 0 Å². The molecule has 0 aliphatic carbocycles. The van der Waals surface area contributed by atoms with Crippen LogP contribution in [-0.2, 0) is 14.1 Å². The topological polar surface area (TPSA) is 8.81 Å². The van der Waals surface area contributed by atoms with Gasteiger partial charge in [0.25, 0.3) is 0 Å². The summed E-state index contributed by atoms with van der Waals surface area (Å²) in [5, 5.41) is 0. The summed E-state index contributed by atoms with van der Waals surface area (Å²) in [5.41, 5.74) is 0.769. The van der Waals surface area contributed by atoms with Gasteiger partial charge >= 0.3 is 0 Å². The number of imidazole rings is 1. The molecule has 1 rings (SSSR count). The summed E-state index contributed by atoms with van der Waals surface area (Å²) in [6.07, 6.45) is 3.82. The highest BCUT2D eigenvalue weighted by molar-refractivity contribution is 6.27. The maximum atomic E-state index is 5.53. The largest absolute Gasteiger partial charge is 0.248 e. The SMILES string of the molecule is [B]c1n(C)cc[n+]1C. The van der Waals surface area contributed by atoms with Gasteiger partial charge in [-0.15, -0.1) is 0 Å². The summed E-state index contributed by atoms with van der Waals surface area (Å²) in [4.78, 5) is 0. The molecule has 1 aromatic heterocycles. The number of aromatic nitrogens is 2. The fraction of sp³-hybridized carbons (Fsp3) is 0.400. The van der Waals surface area contributed by atoms with Gasteiger partial charge in [0.2, 0.25) is 7.85 Å². The van der Waals surface area contributed by atoms with Crippen molar-refractivity contribution in [2.24, 2.45) is 14.1 Å². The Morgan fingerprint density at radius 2 is 2.38 bits per heavy atom. The lowest BCUT2D eigenvalue weighted by Gasteiger charge is -1.85. The first kappa shape index (κ1) is 5.41. The maximum absolute atomic E-state index is 5.53. The zero-order chi connectivity index (χ0) is 6.15. The molecule has 0 unspecified atom stereocenters. The molecule has 0 spiro atoms. The van der Waals surface area contributed by atoms with Crippen LogP contribution in [0.4, 0.5) is 0 Å². The van der Waals surface area contributed by atoms with E-state index in [1.165, 1.54) is 0 Å². The zero-order valence-electron chi connectivity index (χ0n) is 5.13. The highest BCUT2D eigenvalue weighted by Crippen LogP contribution is 1.67. The molecule has 0 N–H and O–H groups in total. The van der Waals surface area contributed by atoms with Crippen LogP contribution >= 0.6 is 0 Å². The van der Waals surface area contributed by atoms with Gasteiger partial charge in [0.15, 0.2) is 5.72 Å².